The number of methoxy groups -OCH3 is 1. The molecule has 1 unspecified atom stereocenters. The third kappa shape index (κ3) is 3.08. The molecule has 1 atom stereocenters. The van der Waals surface area contributed by atoms with E-state index in [0.29, 0.717) is 5.75 Å². The topological polar surface area (TPSA) is 78.1 Å². The standard InChI is InChI=1S/C20H19N3O2/c1-25-18-10-6-5-9-17(18)20(11-19(21)24,15-7-3-2-4-8-15)16-12-22-14-23-13-16/h2-10,12-14H,11H2,1H3,(H2,21,24). The van der Waals surface area contributed by atoms with E-state index in [-0.39, 0.29) is 6.42 Å². The van der Waals surface area contributed by atoms with Gasteiger partial charge in [0.05, 0.1) is 12.5 Å². The second kappa shape index (κ2) is 7.13. The highest BCUT2D eigenvalue weighted by molar-refractivity contribution is 5.78. The summed E-state index contributed by atoms with van der Waals surface area (Å²) in [5.41, 5.74) is 7.38. The van der Waals surface area contributed by atoms with Crippen LogP contribution in [0.3, 0.4) is 0 Å². The van der Waals surface area contributed by atoms with Crippen molar-refractivity contribution < 1.29 is 9.53 Å². The Bertz CT molecular complexity index is 812. The quantitative estimate of drug-likeness (QED) is 0.752. The van der Waals surface area contributed by atoms with E-state index in [4.69, 9.17) is 10.5 Å². The fourth-order valence-corrected chi connectivity index (χ4v) is 3.28. The molecule has 0 aliphatic rings. The lowest BCUT2D eigenvalue weighted by atomic mass is 9.67. The first-order valence-corrected chi connectivity index (χ1v) is 7.91. The molecule has 0 bridgehead atoms. The third-order valence-corrected chi connectivity index (χ3v) is 4.33. The molecule has 0 spiro atoms. The number of primary amides is 1. The van der Waals surface area contributed by atoms with Crippen molar-refractivity contribution in [3.63, 3.8) is 0 Å². The Morgan fingerprint density at radius 2 is 1.64 bits per heavy atom. The average Bonchev–Trinajstić information content (AvgIpc) is 2.67. The third-order valence-electron chi connectivity index (χ3n) is 4.33. The van der Waals surface area contributed by atoms with Crippen molar-refractivity contribution in [1.82, 2.24) is 9.97 Å². The minimum Gasteiger partial charge on any atom is -0.496 e. The molecule has 0 saturated carbocycles. The predicted octanol–water partition coefficient (Wildman–Crippen LogP) is 2.70. The number of hydrogen-bond acceptors (Lipinski definition) is 4. The first-order valence-electron chi connectivity index (χ1n) is 7.91. The summed E-state index contributed by atoms with van der Waals surface area (Å²) in [7, 11) is 1.61. The molecule has 0 aliphatic heterocycles. The molecule has 5 heteroatoms. The lowest BCUT2D eigenvalue weighted by Crippen LogP contribution is -2.35. The minimum absolute atomic E-state index is 0.0742. The van der Waals surface area contributed by atoms with Crippen molar-refractivity contribution in [2.24, 2.45) is 5.73 Å². The Kier molecular flexibility index (Phi) is 4.75. The molecule has 0 saturated heterocycles. The highest BCUT2D eigenvalue weighted by atomic mass is 16.5. The molecule has 25 heavy (non-hydrogen) atoms. The van der Waals surface area contributed by atoms with Crippen molar-refractivity contribution >= 4 is 5.91 Å². The van der Waals surface area contributed by atoms with Gasteiger partial charge in [-0.1, -0.05) is 48.5 Å². The van der Waals surface area contributed by atoms with E-state index in [9.17, 15) is 4.79 Å². The Labute approximate surface area is 146 Å². The van der Waals surface area contributed by atoms with E-state index >= 15 is 0 Å². The van der Waals surface area contributed by atoms with Crippen molar-refractivity contribution in [3.8, 4) is 5.75 Å². The molecular formula is C20H19N3O2. The number of nitrogens with two attached hydrogens (primary N) is 1. The highest BCUT2D eigenvalue weighted by Gasteiger charge is 2.40. The van der Waals surface area contributed by atoms with E-state index in [2.05, 4.69) is 9.97 Å². The fraction of sp³-hybridized carbons (Fsp3) is 0.150. The molecule has 0 radical (unpaired) electrons. The van der Waals surface area contributed by atoms with Gasteiger partial charge >= 0.3 is 0 Å². The number of amides is 1. The van der Waals surface area contributed by atoms with Crippen LogP contribution in [0.5, 0.6) is 5.75 Å². The molecule has 3 aromatic rings. The number of benzene rings is 2. The molecular weight excluding hydrogens is 314 g/mol. The molecule has 3 rings (SSSR count). The van der Waals surface area contributed by atoms with Crippen molar-refractivity contribution in [2.75, 3.05) is 7.11 Å². The summed E-state index contributed by atoms with van der Waals surface area (Å²) in [6.45, 7) is 0. The summed E-state index contributed by atoms with van der Waals surface area (Å²) >= 11 is 0. The molecule has 5 nitrogen and oxygen atoms in total. The molecule has 1 aromatic heterocycles. The van der Waals surface area contributed by atoms with Crippen LogP contribution in [0.25, 0.3) is 0 Å². The molecule has 1 heterocycles. The van der Waals surface area contributed by atoms with E-state index < -0.39 is 11.3 Å². The van der Waals surface area contributed by atoms with Gasteiger partial charge in [0.1, 0.15) is 12.1 Å². The number of nitrogens with zero attached hydrogens (tertiary/aromatic N) is 2. The van der Waals surface area contributed by atoms with Crippen LogP contribution < -0.4 is 10.5 Å². The zero-order chi connectivity index (χ0) is 17.7. The van der Waals surface area contributed by atoms with Gasteiger partial charge in [-0.2, -0.15) is 0 Å². The second-order valence-corrected chi connectivity index (χ2v) is 5.74. The van der Waals surface area contributed by atoms with Crippen LogP contribution in [-0.2, 0) is 10.2 Å². The number of carbonyl (C=O) groups is 1. The monoisotopic (exact) mass is 333 g/mol. The molecule has 1 amide bonds. The van der Waals surface area contributed by atoms with Crippen LogP contribution in [0, 0.1) is 0 Å². The SMILES string of the molecule is COc1ccccc1C(CC(N)=O)(c1ccccc1)c1cncnc1. The first-order chi connectivity index (χ1) is 12.2. The summed E-state index contributed by atoms with van der Waals surface area (Å²) < 4.78 is 5.58. The van der Waals surface area contributed by atoms with Crippen LogP contribution >= 0.6 is 0 Å². The number of rotatable bonds is 6. The van der Waals surface area contributed by atoms with Gasteiger partial charge in [0.25, 0.3) is 0 Å². The summed E-state index contributed by atoms with van der Waals surface area (Å²) in [4.78, 5) is 20.4. The van der Waals surface area contributed by atoms with Gasteiger partial charge in [0.2, 0.25) is 5.91 Å². The van der Waals surface area contributed by atoms with Gasteiger partial charge in [-0.25, -0.2) is 9.97 Å². The van der Waals surface area contributed by atoms with Crippen molar-refractivity contribution in [1.29, 1.82) is 0 Å². The Hall–Kier alpha value is -3.21. The largest absolute Gasteiger partial charge is 0.496 e. The van der Waals surface area contributed by atoms with Crippen molar-refractivity contribution in [3.05, 3.63) is 90.0 Å². The molecule has 0 fully saturated rings. The van der Waals surface area contributed by atoms with E-state index in [1.54, 1.807) is 19.5 Å². The maximum Gasteiger partial charge on any atom is 0.219 e. The highest BCUT2D eigenvalue weighted by Crippen LogP contribution is 2.45. The molecule has 2 N–H and O–H groups in total. The zero-order valence-corrected chi connectivity index (χ0v) is 13.9. The van der Waals surface area contributed by atoms with Gasteiger partial charge in [-0.05, 0) is 11.6 Å². The smallest absolute Gasteiger partial charge is 0.219 e. The maximum atomic E-state index is 12.1. The summed E-state index contributed by atoms with van der Waals surface area (Å²) in [5, 5.41) is 0. The lowest BCUT2D eigenvalue weighted by Gasteiger charge is -2.35. The van der Waals surface area contributed by atoms with Gasteiger partial charge < -0.3 is 10.5 Å². The van der Waals surface area contributed by atoms with Crippen LogP contribution in [-0.4, -0.2) is 23.0 Å². The van der Waals surface area contributed by atoms with Crippen LogP contribution in [0.1, 0.15) is 23.1 Å². The Balaban J connectivity index is 2.39. The summed E-state index contributed by atoms with van der Waals surface area (Å²) in [5.74, 6) is 0.259. The number of ether oxygens (including phenoxy) is 1. The number of hydrogen-bond donors (Lipinski definition) is 1. The normalized spacial score (nSPS) is 13.0. The lowest BCUT2D eigenvalue weighted by molar-refractivity contribution is -0.118. The number of aromatic nitrogens is 2. The molecule has 0 aliphatic carbocycles. The number of para-hydroxylation sites is 1. The number of carbonyl (C=O) groups excluding carboxylic acids is 1. The Morgan fingerprint density at radius 1 is 1.00 bits per heavy atom. The van der Waals surface area contributed by atoms with Gasteiger partial charge in [0, 0.05) is 29.9 Å². The van der Waals surface area contributed by atoms with Gasteiger partial charge in [-0.3, -0.25) is 4.79 Å². The van der Waals surface area contributed by atoms with E-state index in [1.165, 1.54) is 6.33 Å². The van der Waals surface area contributed by atoms with Crippen molar-refractivity contribution in [2.45, 2.75) is 11.8 Å². The fourth-order valence-electron chi connectivity index (χ4n) is 3.28. The van der Waals surface area contributed by atoms with Crippen LogP contribution in [0.2, 0.25) is 0 Å². The van der Waals surface area contributed by atoms with Crippen LogP contribution in [0.15, 0.2) is 73.3 Å². The van der Waals surface area contributed by atoms with Gasteiger partial charge in [-0.15, -0.1) is 0 Å². The summed E-state index contributed by atoms with van der Waals surface area (Å²) in [6.07, 6.45) is 4.97. The van der Waals surface area contributed by atoms with Crippen LogP contribution in [0.4, 0.5) is 0 Å². The first kappa shape index (κ1) is 16.6. The van der Waals surface area contributed by atoms with E-state index in [1.807, 2.05) is 54.6 Å². The molecule has 126 valence electrons. The summed E-state index contributed by atoms with van der Waals surface area (Å²) in [6, 6.07) is 17.4. The molecule has 2 aromatic carbocycles. The Morgan fingerprint density at radius 3 is 2.28 bits per heavy atom. The average molecular weight is 333 g/mol. The second-order valence-electron chi connectivity index (χ2n) is 5.74. The zero-order valence-electron chi connectivity index (χ0n) is 13.9. The van der Waals surface area contributed by atoms with E-state index in [0.717, 1.165) is 16.7 Å². The van der Waals surface area contributed by atoms with Gasteiger partial charge in [0.15, 0.2) is 0 Å². The maximum absolute atomic E-state index is 12.1. The predicted molar refractivity (Wildman–Crippen MR) is 95.2 cm³/mol. The minimum atomic E-state index is -0.832.